The number of primary amides is 1. The van der Waals surface area contributed by atoms with Crippen LogP contribution in [0.15, 0.2) is 18.2 Å². The molecule has 4 nitrogen and oxygen atoms in total. The number of likely N-dealkylation sites (tertiary alicyclic amines) is 1. The summed E-state index contributed by atoms with van der Waals surface area (Å²) in [7, 11) is 2.13. The highest BCUT2D eigenvalue weighted by atomic mass is 35.5. The van der Waals surface area contributed by atoms with Gasteiger partial charge in [-0.25, -0.2) is 0 Å². The number of anilines is 1. The van der Waals surface area contributed by atoms with E-state index in [2.05, 4.69) is 17.3 Å². The van der Waals surface area contributed by atoms with E-state index in [9.17, 15) is 4.79 Å². The van der Waals surface area contributed by atoms with Crippen LogP contribution in [0.3, 0.4) is 0 Å². The number of halogens is 1. The van der Waals surface area contributed by atoms with E-state index in [-0.39, 0.29) is 0 Å². The Hall–Kier alpha value is -1.26. The summed E-state index contributed by atoms with van der Waals surface area (Å²) in [6.07, 6.45) is 2.20. The maximum Gasteiger partial charge on any atom is 0.248 e. The Morgan fingerprint density at radius 1 is 1.44 bits per heavy atom. The highest BCUT2D eigenvalue weighted by Gasteiger charge is 2.17. The van der Waals surface area contributed by atoms with Crippen LogP contribution in [0.2, 0.25) is 5.02 Å². The fourth-order valence-corrected chi connectivity index (χ4v) is 2.39. The molecule has 3 N–H and O–H groups in total. The molecule has 0 saturated carbocycles. The molecule has 1 heterocycles. The van der Waals surface area contributed by atoms with Crippen molar-refractivity contribution >= 4 is 23.2 Å². The number of nitrogens with zero attached hydrogens (tertiary/aromatic N) is 1. The molecule has 0 atom stereocenters. The second-order valence-electron chi connectivity index (χ2n) is 4.78. The molecule has 2 rings (SSSR count). The molecule has 5 heteroatoms. The van der Waals surface area contributed by atoms with Crippen molar-refractivity contribution in [3.8, 4) is 0 Å². The Balaban J connectivity index is 2.03. The molecule has 18 heavy (non-hydrogen) atoms. The molecule has 1 fully saturated rings. The molecule has 0 aromatic heterocycles. The summed E-state index contributed by atoms with van der Waals surface area (Å²) in [4.78, 5) is 13.3. The average Bonchev–Trinajstić information content (AvgIpc) is 2.34. The zero-order chi connectivity index (χ0) is 13.1. The maximum atomic E-state index is 11.0. The molecule has 0 spiro atoms. The summed E-state index contributed by atoms with van der Waals surface area (Å²) >= 11 is 6.14. The first kappa shape index (κ1) is 13.2. The second-order valence-corrected chi connectivity index (χ2v) is 5.19. The number of piperidine rings is 1. The monoisotopic (exact) mass is 267 g/mol. The van der Waals surface area contributed by atoms with Gasteiger partial charge in [0.1, 0.15) is 0 Å². The lowest BCUT2D eigenvalue weighted by molar-refractivity contribution is 0.100. The highest BCUT2D eigenvalue weighted by molar-refractivity contribution is 6.33. The minimum Gasteiger partial charge on any atom is -0.381 e. The summed E-state index contributed by atoms with van der Waals surface area (Å²) < 4.78 is 0. The van der Waals surface area contributed by atoms with Crippen LogP contribution in [0.1, 0.15) is 23.2 Å². The van der Waals surface area contributed by atoms with Crippen molar-refractivity contribution in [3.05, 3.63) is 28.8 Å². The largest absolute Gasteiger partial charge is 0.381 e. The first-order valence-electron chi connectivity index (χ1n) is 6.10. The smallest absolute Gasteiger partial charge is 0.248 e. The number of carbonyl (C=O) groups excluding carboxylic acids is 1. The van der Waals surface area contributed by atoms with Gasteiger partial charge in [0.25, 0.3) is 0 Å². The number of carbonyl (C=O) groups is 1. The first-order valence-corrected chi connectivity index (χ1v) is 6.48. The van der Waals surface area contributed by atoms with E-state index in [4.69, 9.17) is 17.3 Å². The van der Waals surface area contributed by atoms with Gasteiger partial charge in [-0.1, -0.05) is 11.6 Å². The van der Waals surface area contributed by atoms with Gasteiger partial charge in [0, 0.05) is 11.6 Å². The molecule has 1 aromatic rings. The van der Waals surface area contributed by atoms with Crippen molar-refractivity contribution in [2.24, 2.45) is 5.73 Å². The third kappa shape index (κ3) is 3.15. The highest BCUT2D eigenvalue weighted by Crippen LogP contribution is 2.25. The Bertz CT molecular complexity index is 442. The Kier molecular flexibility index (Phi) is 4.09. The van der Waals surface area contributed by atoms with Crippen molar-refractivity contribution in [2.45, 2.75) is 18.9 Å². The molecule has 1 aliphatic rings. The lowest BCUT2D eigenvalue weighted by Crippen LogP contribution is -2.36. The van der Waals surface area contributed by atoms with E-state index in [1.807, 2.05) is 6.07 Å². The number of nitrogens with two attached hydrogens (primary N) is 1. The van der Waals surface area contributed by atoms with Gasteiger partial charge in [-0.15, -0.1) is 0 Å². The Morgan fingerprint density at radius 3 is 2.67 bits per heavy atom. The van der Waals surface area contributed by atoms with Gasteiger partial charge in [-0.3, -0.25) is 4.79 Å². The van der Waals surface area contributed by atoms with Crippen LogP contribution < -0.4 is 11.1 Å². The van der Waals surface area contributed by atoms with Crippen LogP contribution in [0.25, 0.3) is 0 Å². The fourth-order valence-electron chi connectivity index (χ4n) is 2.16. The van der Waals surface area contributed by atoms with Gasteiger partial charge in [0.2, 0.25) is 5.91 Å². The summed E-state index contributed by atoms with van der Waals surface area (Å²) in [6, 6.07) is 5.58. The zero-order valence-corrected chi connectivity index (χ0v) is 11.2. The topological polar surface area (TPSA) is 58.4 Å². The predicted molar refractivity (Wildman–Crippen MR) is 74.1 cm³/mol. The molecule has 0 aliphatic carbocycles. The van der Waals surface area contributed by atoms with Gasteiger partial charge in [-0.05, 0) is 51.2 Å². The molecule has 0 bridgehead atoms. The van der Waals surface area contributed by atoms with Crippen LogP contribution in [-0.2, 0) is 0 Å². The number of hydrogen-bond acceptors (Lipinski definition) is 3. The number of hydrogen-bond donors (Lipinski definition) is 2. The Labute approximate surface area is 112 Å². The van der Waals surface area contributed by atoms with Crippen molar-refractivity contribution < 1.29 is 4.79 Å². The molecule has 1 amide bonds. The first-order chi connectivity index (χ1) is 8.56. The van der Waals surface area contributed by atoms with Gasteiger partial charge in [0.15, 0.2) is 0 Å². The summed E-state index contributed by atoms with van der Waals surface area (Å²) in [5.41, 5.74) is 6.52. The molecule has 1 aliphatic heterocycles. The van der Waals surface area contributed by atoms with Gasteiger partial charge in [0.05, 0.1) is 10.7 Å². The van der Waals surface area contributed by atoms with E-state index in [1.165, 1.54) is 0 Å². The SMILES string of the molecule is CN1CCC(Nc2ccc(C(N)=O)cc2Cl)CC1. The molecular formula is C13H18ClN3O. The number of amides is 1. The van der Waals surface area contributed by atoms with Crippen LogP contribution in [-0.4, -0.2) is 37.0 Å². The number of rotatable bonds is 3. The normalized spacial score (nSPS) is 17.7. The van der Waals surface area contributed by atoms with Gasteiger partial charge < -0.3 is 16.0 Å². The van der Waals surface area contributed by atoms with Crippen molar-refractivity contribution in [1.82, 2.24) is 4.90 Å². The van der Waals surface area contributed by atoms with Crippen LogP contribution in [0.4, 0.5) is 5.69 Å². The fraction of sp³-hybridized carbons (Fsp3) is 0.462. The quantitative estimate of drug-likeness (QED) is 0.880. The van der Waals surface area contributed by atoms with Crippen molar-refractivity contribution in [1.29, 1.82) is 0 Å². The molecule has 98 valence electrons. The van der Waals surface area contributed by atoms with E-state index in [1.54, 1.807) is 12.1 Å². The average molecular weight is 268 g/mol. The van der Waals surface area contributed by atoms with E-state index in [0.29, 0.717) is 16.6 Å². The standard InChI is InChI=1S/C13H18ClN3O/c1-17-6-4-10(5-7-17)16-12-3-2-9(13(15)18)8-11(12)14/h2-3,8,10,16H,4-7H2,1H3,(H2,15,18). The maximum absolute atomic E-state index is 11.0. The van der Waals surface area contributed by atoms with Gasteiger partial charge >= 0.3 is 0 Å². The van der Waals surface area contributed by atoms with E-state index in [0.717, 1.165) is 31.6 Å². The van der Waals surface area contributed by atoms with Crippen LogP contribution >= 0.6 is 11.6 Å². The van der Waals surface area contributed by atoms with Crippen molar-refractivity contribution in [2.75, 3.05) is 25.5 Å². The van der Waals surface area contributed by atoms with Crippen LogP contribution in [0, 0.1) is 0 Å². The lowest BCUT2D eigenvalue weighted by Gasteiger charge is -2.30. The molecule has 0 radical (unpaired) electrons. The lowest BCUT2D eigenvalue weighted by atomic mass is 10.0. The number of nitrogens with one attached hydrogen (secondary N) is 1. The number of benzene rings is 1. The van der Waals surface area contributed by atoms with Crippen LogP contribution in [0.5, 0.6) is 0 Å². The second kappa shape index (κ2) is 5.59. The Morgan fingerprint density at radius 2 is 2.11 bits per heavy atom. The third-order valence-corrected chi connectivity index (χ3v) is 3.64. The van der Waals surface area contributed by atoms with Gasteiger partial charge in [-0.2, -0.15) is 0 Å². The molecule has 1 aromatic carbocycles. The molecule has 0 unspecified atom stereocenters. The summed E-state index contributed by atoms with van der Waals surface area (Å²) in [5.74, 6) is -0.456. The zero-order valence-electron chi connectivity index (χ0n) is 10.4. The summed E-state index contributed by atoms with van der Waals surface area (Å²) in [6.45, 7) is 2.18. The minimum atomic E-state index is -0.456. The summed E-state index contributed by atoms with van der Waals surface area (Å²) in [5, 5.41) is 3.97. The molecular weight excluding hydrogens is 250 g/mol. The van der Waals surface area contributed by atoms with E-state index >= 15 is 0 Å². The third-order valence-electron chi connectivity index (χ3n) is 3.33. The predicted octanol–water partition coefficient (Wildman–Crippen LogP) is 1.95. The van der Waals surface area contributed by atoms with Crippen molar-refractivity contribution in [3.63, 3.8) is 0 Å². The molecule has 1 saturated heterocycles. The minimum absolute atomic E-state index is 0.439. The van der Waals surface area contributed by atoms with E-state index < -0.39 is 5.91 Å².